The van der Waals surface area contributed by atoms with Crippen LogP contribution >= 0.6 is 0 Å². The van der Waals surface area contributed by atoms with Gasteiger partial charge in [-0.1, -0.05) is 54.9 Å². The molecule has 4 bridgehead atoms. The molecule has 6 aliphatic rings. The Balaban J connectivity index is 0.000000165. The molecule has 0 aromatic rings. The van der Waals surface area contributed by atoms with Crippen molar-refractivity contribution in [2.24, 2.45) is 71.0 Å². The van der Waals surface area contributed by atoms with Crippen molar-refractivity contribution in [3.05, 3.63) is 0 Å². The molecule has 0 amide bonds. The third-order valence-electron chi connectivity index (χ3n) is 13.3. The van der Waals surface area contributed by atoms with Crippen molar-refractivity contribution in [2.45, 2.75) is 131 Å². The van der Waals surface area contributed by atoms with E-state index in [2.05, 4.69) is 39.4 Å². The summed E-state index contributed by atoms with van der Waals surface area (Å²) in [6.07, 6.45) is 10.9. The van der Waals surface area contributed by atoms with Crippen LogP contribution in [0.25, 0.3) is 0 Å². The Bertz CT molecular complexity index is 1040. The lowest BCUT2D eigenvalue weighted by Gasteiger charge is -2.38. The van der Waals surface area contributed by atoms with E-state index in [-0.39, 0.29) is 47.8 Å². The maximum Gasteiger partial charge on any atom is 0.317 e. The van der Waals surface area contributed by atoms with Crippen molar-refractivity contribution in [1.29, 1.82) is 0 Å². The third kappa shape index (κ3) is 7.79. The van der Waals surface area contributed by atoms with Crippen LogP contribution in [-0.2, 0) is 33.4 Å². The number of hydrogen-bond donors (Lipinski definition) is 1. The number of esters is 4. The molecule has 5 aliphatic carbocycles. The lowest BCUT2D eigenvalue weighted by atomic mass is 9.75. The van der Waals surface area contributed by atoms with Crippen LogP contribution in [0.5, 0.6) is 0 Å². The lowest BCUT2D eigenvalue weighted by Crippen LogP contribution is -2.40. The van der Waals surface area contributed by atoms with Crippen molar-refractivity contribution in [2.75, 3.05) is 6.61 Å². The molecular formula is C37H60O8. The van der Waals surface area contributed by atoms with Gasteiger partial charge < -0.3 is 19.3 Å². The monoisotopic (exact) mass is 632 g/mol. The van der Waals surface area contributed by atoms with Gasteiger partial charge in [-0.05, 0) is 112 Å². The summed E-state index contributed by atoms with van der Waals surface area (Å²) >= 11 is 0. The SMILES string of the molecule is CC(O)COC(=O)C1CC2CC1C(C)C2C.CC1C(=O)OC(=O)C1C.CCC1(OC(=O)C2CC3CC2C(C)C3C)CCCCC1. The summed E-state index contributed by atoms with van der Waals surface area (Å²) < 4.78 is 15.6. The fraction of sp³-hybridized carbons (Fsp3) is 0.892. The summed E-state index contributed by atoms with van der Waals surface area (Å²) in [4.78, 5) is 45.7. The van der Waals surface area contributed by atoms with E-state index in [1.807, 2.05) is 0 Å². The molecule has 1 N–H and O–H groups in total. The Morgan fingerprint density at radius 1 is 0.778 bits per heavy atom. The molecule has 6 rings (SSSR count). The molecule has 13 unspecified atom stereocenters. The Morgan fingerprint density at radius 3 is 1.60 bits per heavy atom. The van der Waals surface area contributed by atoms with E-state index < -0.39 is 18.0 Å². The van der Waals surface area contributed by atoms with E-state index in [9.17, 15) is 19.2 Å². The zero-order valence-electron chi connectivity index (χ0n) is 29.1. The van der Waals surface area contributed by atoms with E-state index in [1.165, 1.54) is 32.1 Å². The minimum Gasteiger partial charge on any atom is -0.463 e. The summed E-state index contributed by atoms with van der Waals surface area (Å²) in [5, 5.41) is 9.09. The Labute approximate surface area is 271 Å². The Hall–Kier alpha value is -1.96. The second-order valence-corrected chi connectivity index (χ2v) is 15.8. The Kier molecular flexibility index (Phi) is 11.8. The summed E-state index contributed by atoms with van der Waals surface area (Å²) in [5.41, 5.74) is -0.119. The summed E-state index contributed by atoms with van der Waals surface area (Å²) in [7, 11) is 0. The zero-order chi connectivity index (χ0) is 33.2. The van der Waals surface area contributed by atoms with Crippen LogP contribution in [0, 0.1) is 71.0 Å². The smallest absolute Gasteiger partial charge is 0.317 e. The molecule has 13 atom stereocenters. The molecule has 1 aliphatic heterocycles. The summed E-state index contributed by atoms with van der Waals surface area (Å²) in [5.74, 6) is 4.55. The molecule has 0 aromatic carbocycles. The van der Waals surface area contributed by atoms with Crippen molar-refractivity contribution in [1.82, 2.24) is 0 Å². The molecule has 5 saturated carbocycles. The number of aliphatic hydroxyl groups is 1. The number of hydrogen-bond acceptors (Lipinski definition) is 8. The second-order valence-electron chi connectivity index (χ2n) is 15.8. The molecule has 8 nitrogen and oxygen atoms in total. The molecule has 1 heterocycles. The third-order valence-corrected chi connectivity index (χ3v) is 13.3. The van der Waals surface area contributed by atoms with Gasteiger partial charge >= 0.3 is 23.9 Å². The lowest BCUT2D eigenvalue weighted by molar-refractivity contribution is -0.172. The predicted octanol–water partition coefficient (Wildman–Crippen LogP) is 6.75. The number of fused-ring (bicyclic) bond motifs is 4. The van der Waals surface area contributed by atoms with Gasteiger partial charge in [0.2, 0.25) is 0 Å². The molecule has 6 fully saturated rings. The predicted molar refractivity (Wildman–Crippen MR) is 170 cm³/mol. The molecule has 0 radical (unpaired) electrons. The normalized spacial score (nSPS) is 41.4. The van der Waals surface area contributed by atoms with Gasteiger partial charge in [-0.15, -0.1) is 0 Å². The second kappa shape index (κ2) is 14.9. The molecule has 1 saturated heterocycles. The van der Waals surface area contributed by atoms with Gasteiger partial charge in [0, 0.05) is 0 Å². The molecule has 8 heteroatoms. The number of carbonyl (C=O) groups is 4. The average molecular weight is 633 g/mol. The van der Waals surface area contributed by atoms with Gasteiger partial charge in [-0.3, -0.25) is 19.2 Å². The van der Waals surface area contributed by atoms with Crippen LogP contribution in [0.15, 0.2) is 0 Å². The average Bonchev–Trinajstić information content (AvgIpc) is 3.82. The van der Waals surface area contributed by atoms with Crippen LogP contribution < -0.4 is 0 Å². The van der Waals surface area contributed by atoms with Gasteiger partial charge in [0.1, 0.15) is 12.2 Å². The van der Waals surface area contributed by atoms with Gasteiger partial charge in [0.15, 0.2) is 0 Å². The summed E-state index contributed by atoms with van der Waals surface area (Å²) in [6, 6.07) is 0. The minimum absolute atomic E-state index is 0.0906. The fourth-order valence-electron chi connectivity index (χ4n) is 9.44. The number of cyclic esters (lactones) is 2. The van der Waals surface area contributed by atoms with E-state index in [0.717, 1.165) is 49.9 Å². The van der Waals surface area contributed by atoms with Crippen LogP contribution in [0.1, 0.15) is 120 Å². The van der Waals surface area contributed by atoms with Gasteiger partial charge in [0.25, 0.3) is 0 Å². The van der Waals surface area contributed by atoms with E-state index in [4.69, 9.17) is 14.6 Å². The highest BCUT2D eigenvalue weighted by Gasteiger charge is 2.53. The highest BCUT2D eigenvalue weighted by Crippen LogP contribution is 2.56. The first kappa shape index (κ1) is 35.9. The van der Waals surface area contributed by atoms with Crippen LogP contribution in [0.4, 0.5) is 0 Å². The molecule has 256 valence electrons. The van der Waals surface area contributed by atoms with Crippen molar-refractivity contribution < 1.29 is 38.5 Å². The van der Waals surface area contributed by atoms with Crippen molar-refractivity contribution in [3.63, 3.8) is 0 Å². The van der Waals surface area contributed by atoms with Gasteiger partial charge in [-0.25, -0.2) is 0 Å². The maximum absolute atomic E-state index is 12.7. The first-order chi connectivity index (χ1) is 21.2. The Morgan fingerprint density at radius 2 is 1.24 bits per heavy atom. The highest BCUT2D eigenvalue weighted by atomic mass is 16.6. The number of aliphatic hydroxyl groups excluding tert-OH is 1. The molecular weight excluding hydrogens is 572 g/mol. The van der Waals surface area contributed by atoms with Gasteiger partial charge in [-0.2, -0.15) is 0 Å². The molecule has 0 spiro atoms. The first-order valence-corrected chi connectivity index (χ1v) is 18.0. The molecule has 0 aromatic heterocycles. The minimum atomic E-state index is -0.557. The quantitative estimate of drug-likeness (QED) is 0.194. The van der Waals surface area contributed by atoms with E-state index in [1.54, 1.807) is 20.8 Å². The topological polar surface area (TPSA) is 116 Å². The largest absolute Gasteiger partial charge is 0.463 e. The van der Waals surface area contributed by atoms with E-state index in [0.29, 0.717) is 29.6 Å². The standard InChI is InChI=1S/C18H30O2.C13H22O3.C6H8O3/c1-4-18(8-6-5-7-9-18)20-17(19)16-11-14-10-15(16)13(3)12(14)2;1-7(14)6-16-13(15)12-5-10-4-11(12)9(3)8(10)2;1-3-4(2)6(8)9-5(3)7/h12-16H,4-11H2,1-3H3;7-12,14H,4-6H2,1-3H3;3-4H,1-2H3. The molecule has 45 heavy (non-hydrogen) atoms. The summed E-state index contributed by atoms with van der Waals surface area (Å²) in [6.45, 7) is 16.6. The van der Waals surface area contributed by atoms with Crippen LogP contribution in [0.2, 0.25) is 0 Å². The van der Waals surface area contributed by atoms with Crippen molar-refractivity contribution in [3.8, 4) is 0 Å². The van der Waals surface area contributed by atoms with Crippen LogP contribution in [0.3, 0.4) is 0 Å². The van der Waals surface area contributed by atoms with Crippen LogP contribution in [-0.4, -0.2) is 47.3 Å². The van der Waals surface area contributed by atoms with Crippen molar-refractivity contribution >= 4 is 23.9 Å². The first-order valence-electron chi connectivity index (χ1n) is 18.0. The number of carbonyl (C=O) groups excluding carboxylic acids is 4. The highest BCUT2D eigenvalue weighted by molar-refractivity contribution is 5.95. The maximum atomic E-state index is 12.7. The van der Waals surface area contributed by atoms with E-state index >= 15 is 0 Å². The number of rotatable bonds is 6. The fourth-order valence-corrected chi connectivity index (χ4v) is 9.44. The number of ether oxygens (including phenoxy) is 3. The van der Waals surface area contributed by atoms with Gasteiger partial charge in [0.05, 0.1) is 29.8 Å². The zero-order valence-corrected chi connectivity index (χ0v) is 29.1.